The fourth-order valence-electron chi connectivity index (χ4n) is 8.62. The minimum Gasteiger partial charge on any atom is -0.494 e. The Labute approximate surface area is 296 Å². The van der Waals surface area contributed by atoms with Crippen molar-refractivity contribution >= 4 is 51.1 Å². The maximum absolute atomic E-state index is 15.1. The zero-order valence-electron chi connectivity index (χ0n) is 27.6. The van der Waals surface area contributed by atoms with Crippen LogP contribution in [0.3, 0.4) is 0 Å². The van der Waals surface area contributed by atoms with Gasteiger partial charge in [-0.05, 0) is 56.0 Å². The minimum atomic E-state index is -0.847. The monoisotopic (exact) mass is 735 g/mol. The number of alkyl halides is 1. The molecule has 1 aliphatic carbocycles. The summed E-state index contributed by atoms with van der Waals surface area (Å²) in [5, 5.41) is 10.7. The summed E-state index contributed by atoms with van der Waals surface area (Å²) in [6.07, 6.45) is 9.11. The molecule has 2 bridgehead atoms. The Morgan fingerprint density at radius 2 is 1.75 bits per heavy atom. The molecule has 2 aromatic carbocycles. The molecule has 1 saturated carbocycles. The number of nitrogens with zero attached hydrogens (tertiary/aromatic N) is 3. The molecule has 3 amide bonds. The van der Waals surface area contributed by atoms with Gasteiger partial charge in [-0.15, -0.1) is 24.9 Å². The molecule has 48 heavy (non-hydrogen) atoms. The summed E-state index contributed by atoms with van der Waals surface area (Å²) in [5.41, 5.74) is 1.45. The van der Waals surface area contributed by atoms with Crippen LogP contribution in [0.2, 0.25) is 0 Å². The van der Waals surface area contributed by atoms with Crippen molar-refractivity contribution in [3.8, 4) is 5.75 Å². The number of anilines is 1. The number of thioether (sulfide) groups is 1. The third kappa shape index (κ3) is 6.02. The van der Waals surface area contributed by atoms with Gasteiger partial charge in [0.05, 0.1) is 35.8 Å². The molecular weight excluding hydrogens is 690 g/mol. The third-order valence-corrected chi connectivity index (χ3v) is 13.8. The molecule has 4 fully saturated rings. The predicted molar refractivity (Wildman–Crippen MR) is 194 cm³/mol. The zero-order chi connectivity index (χ0) is 34.0. The standard InChI is InChI=1S/C38H46BrN3O5S/c1-4-21-40(27-17-19-28(20-18-27)47-6-3)35(44)31-32-36(45)42(30(24-43)25-13-9-7-10-14-25)34(38(32)23-29(39)33(31)48-38)37(46)41(22-5-2)26-15-11-8-12-16-26/h4-5,7,9-10,13-14,17-20,26,29-34,43H,1-2,6,8,11-12,15-16,21-24H2,3H3/t29?,30-,31-,32+,33-,34?,38?/m1/s1. The number of benzene rings is 2. The van der Waals surface area contributed by atoms with Crippen molar-refractivity contribution in [3.63, 3.8) is 0 Å². The Morgan fingerprint density at radius 1 is 1.06 bits per heavy atom. The summed E-state index contributed by atoms with van der Waals surface area (Å²) >= 11 is 5.54. The molecule has 3 unspecified atom stereocenters. The summed E-state index contributed by atoms with van der Waals surface area (Å²) in [5.74, 6) is -1.20. The number of aliphatic hydroxyl groups excluding tert-OH is 1. The van der Waals surface area contributed by atoms with Crippen LogP contribution in [-0.2, 0) is 14.4 Å². The molecule has 3 saturated heterocycles. The van der Waals surface area contributed by atoms with Crippen molar-refractivity contribution in [3.05, 3.63) is 85.5 Å². The lowest BCUT2D eigenvalue weighted by Crippen LogP contribution is -2.58. The van der Waals surface area contributed by atoms with E-state index in [-0.39, 0.29) is 47.0 Å². The van der Waals surface area contributed by atoms with Gasteiger partial charge in [0.1, 0.15) is 11.8 Å². The van der Waals surface area contributed by atoms with E-state index in [1.807, 2.05) is 66.4 Å². The lowest BCUT2D eigenvalue weighted by molar-refractivity contribution is -0.147. The van der Waals surface area contributed by atoms with E-state index >= 15 is 9.59 Å². The Kier molecular flexibility index (Phi) is 10.7. The quantitative estimate of drug-likeness (QED) is 0.196. The van der Waals surface area contributed by atoms with Crippen LogP contribution in [0.1, 0.15) is 57.1 Å². The van der Waals surface area contributed by atoms with Crippen LogP contribution < -0.4 is 9.64 Å². The number of amides is 3. The highest BCUT2D eigenvalue weighted by molar-refractivity contribution is 9.09. The van der Waals surface area contributed by atoms with E-state index in [4.69, 9.17) is 4.74 Å². The molecule has 8 nitrogen and oxygen atoms in total. The number of fused-ring (bicyclic) bond motifs is 1. The van der Waals surface area contributed by atoms with Crippen LogP contribution in [0, 0.1) is 11.8 Å². The first-order valence-corrected chi connectivity index (χ1v) is 19.0. The molecule has 1 spiro atoms. The number of ether oxygens (including phenoxy) is 1. The molecule has 256 valence electrons. The summed E-state index contributed by atoms with van der Waals surface area (Å²) in [6.45, 7) is 10.7. The summed E-state index contributed by atoms with van der Waals surface area (Å²) in [6, 6.07) is 15.3. The van der Waals surface area contributed by atoms with E-state index in [1.54, 1.807) is 33.7 Å². The number of aliphatic hydroxyl groups is 1. The van der Waals surface area contributed by atoms with Crippen LogP contribution in [0.5, 0.6) is 5.75 Å². The van der Waals surface area contributed by atoms with Crippen molar-refractivity contribution in [2.75, 3.05) is 31.2 Å². The fourth-order valence-corrected chi connectivity index (χ4v) is 12.2. The van der Waals surface area contributed by atoms with E-state index in [1.165, 1.54) is 0 Å². The highest BCUT2D eigenvalue weighted by Crippen LogP contribution is 2.69. The number of halogens is 1. The SMILES string of the molecule is C=CCN(C(=O)[C@H]1[C@@H]2SC3(CC2Br)C(C(=O)N(CC=C)C2CCCCC2)N([C@H](CO)c2ccccc2)C(=O)[C@H]13)c1ccc(OCC)cc1. The van der Waals surface area contributed by atoms with E-state index in [9.17, 15) is 9.90 Å². The number of likely N-dealkylation sites (tertiary alicyclic amines) is 1. The van der Waals surface area contributed by atoms with Crippen molar-refractivity contribution < 1.29 is 24.2 Å². The largest absolute Gasteiger partial charge is 0.494 e. The summed E-state index contributed by atoms with van der Waals surface area (Å²) in [4.78, 5) is 50.2. The second-order valence-electron chi connectivity index (χ2n) is 13.3. The lowest BCUT2D eigenvalue weighted by atomic mass is 9.70. The van der Waals surface area contributed by atoms with Gasteiger partial charge in [-0.2, -0.15) is 0 Å². The molecule has 7 atom stereocenters. The van der Waals surface area contributed by atoms with Crippen LogP contribution in [-0.4, -0.2) is 85.8 Å². The predicted octanol–water partition coefficient (Wildman–Crippen LogP) is 6.15. The van der Waals surface area contributed by atoms with Gasteiger partial charge in [-0.1, -0.05) is 77.7 Å². The highest BCUT2D eigenvalue weighted by Gasteiger charge is 2.76. The maximum Gasteiger partial charge on any atom is 0.247 e. The zero-order valence-corrected chi connectivity index (χ0v) is 30.0. The number of rotatable bonds is 13. The molecule has 10 heteroatoms. The van der Waals surface area contributed by atoms with E-state index in [0.717, 1.165) is 37.7 Å². The van der Waals surface area contributed by atoms with Crippen LogP contribution >= 0.6 is 27.7 Å². The van der Waals surface area contributed by atoms with Crippen molar-refractivity contribution in [1.29, 1.82) is 0 Å². The fraction of sp³-hybridized carbons (Fsp3) is 0.500. The van der Waals surface area contributed by atoms with E-state index in [0.29, 0.717) is 31.0 Å². The molecule has 4 aliphatic rings. The maximum atomic E-state index is 15.1. The summed E-state index contributed by atoms with van der Waals surface area (Å²) < 4.78 is 4.79. The van der Waals surface area contributed by atoms with Crippen molar-refractivity contribution in [1.82, 2.24) is 9.80 Å². The highest BCUT2D eigenvalue weighted by atomic mass is 79.9. The number of hydrogen-bond acceptors (Lipinski definition) is 6. The first-order chi connectivity index (χ1) is 23.3. The molecule has 3 aliphatic heterocycles. The smallest absolute Gasteiger partial charge is 0.247 e. The minimum absolute atomic E-state index is 0.0597. The van der Waals surface area contributed by atoms with Crippen molar-refractivity contribution in [2.24, 2.45) is 11.8 Å². The third-order valence-electron chi connectivity index (χ3n) is 10.6. The molecule has 0 radical (unpaired) electrons. The van der Waals surface area contributed by atoms with Gasteiger partial charge in [0, 0.05) is 34.9 Å². The number of carbonyl (C=O) groups excluding carboxylic acids is 3. The first kappa shape index (κ1) is 34.8. The molecule has 3 heterocycles. The summed E-state index contributed by atoms with van der Waals surface area (Å²) in [7, 11) is 0. The van der Waals surface area contributed by atoms with Gasteiger partial charge >= 0.3 is 0 Å². The lowest BCUT2D eigenvalue weighted by Gasteiger charge is -2.43. The van der Waals surface area contributed by atoms with E-state index in [2.05, 4.69) is 29.1 Å². The number of carbonyl (C=O) groups is 3. The Hall–Kier alpha value is -3.08. The normalized spacial score (nSPS) is 28.5. The second-order valence-corrected chi connectivity index (χ2v) is 16.0. The van der Waals surface area contributed by atoms with E-state index < -0.39 is 28.7 Å². The first-order valence-electron chi connectivity index (χ1n) is 17.2. The Bertz CT molecular complexity index is 1500. The van der Waals surface area contributed by atoms with Gasteiger partial charge in [0.2, 0.25) is 17.7 Å². The molecule has 6 rings (SSSR count). The number of hydrogen-bond donors (Lipinski definition) is 1. The average Bonchev–Trinajstić information content (AvgIpc) is 3.71. The average molecular weight is 737 g/mol. The molecule has 2 aromatic rings. The molecule has 1 N–H and O–H groups in total. The van der Waals surface area contributed by atoms with Gasteiger partial charge in [-0.25, -0.2) is 0 Å². The Morgan fingerprint density at radius 3 is 2.38 bits per heavy atom. The van der Waals surface area contributed by atoms with Crippen LogP contribution in [0.15, 0.2) is 79.9 Å². The Balaban J connectivity index is 1.44. The van der Waals surface area contributed by atoms with Crippen LogP contribution in [0.4, 0.5) is 5.69 Å². The van der Waals surface area contributed by atoms with Crippen LogP contribution in [0.25, 0.3) is 0 Å². The topological polar surface area (TPSA) is 90.4 Å². The molecular formula is C38H46BrN3O5S. The van der Waals surface area contributed by atoms with Crippen molar-refractivity contribution in [2.45, 2.75) is 78.4 Å². The van der Waals surface area contributed by atoms with Gasteiger partial charge < -0.3 is 24.5 Å². The van der Waals surface area contributed by atoms with Gasteiger partial charge in [0.15, 0.2) is 0 Å². The van der Waals surface area contributed by atoms with Gasteiger partial charge in [0.25, 0.3) is 0 Å². The molecule has 0 aromatic heterocycles. The van der Waals surface area contributed by atoms with Gasteiger partial charge in [-0.3, -0.25) is 14.4 Å². The second kappa shape index (κ2) is 14.8.